The first-order valence-corrected chi connectivity index (χ1v) is 9.79. The number of anilines is 1. The van der Waals surface area contributed by atoms with Gasteiger partial charge >= 0.3 is 0 Å². The van der Waals surface area contributed by atoms with Crippen LogP contribution in [-0.2, 0) is 17.6 Å². The van der Waals surface area contributed by atoms with E-state index in [1.54, 1.807) is 25.1 Å². The molecule has 7 heteroatoms. The molecule has 1 aliphatic rings. The van der Waals surface area contributed by atoms with E-state index in [0.717, 1.165) is 42.5 Å². The van der Waals surface area contributed by atoms with Gasteiger partial charge in [0.2, 0.25) is 5.91 Å². The Kier molecular flexibility index (Phi) is 4.89. The summed E-state index contributed by atoms with van der Waals surface area (Å²) >= 11 is 6.12. The Labute approximate surface area is 167 Å². The van der Waals surface area contributed by atoms with Crippen LogP contribution in [0.2, 0.25) is 5.02 Å². The zero-order valence-electron chi connectivity index (χ0n) is 15.8. The topological polar surface area (TPSA) is 76.9 Å². The Morgan fingerprint density at radius 3 is 2.89 bits per heavy atom. The number of rotatable bonds is 3. The lowest BCUT2D eigenvalue weighted by atomic mass is 9.95. The summed E-state index contributed by atoms with van der Waals surface area (Å²) in [5.41, 5.74) is 3.75. The number of carbonyl (C=O) groups excluding carboxylic acids is 1. The highest BCUT2D eigenvalue weighted by Crippen LogP contribution is 2.24. The first kappa shape index (κ1) is 18.6. The number of fused-ring (bicyclic) bond motifs is 2. The molecule has 144 valence electrons. The molecule has 0 aliphatic heterocycles. The molecule has 1 aromatic carbocycles. The van der Waals surface area contributed by atoms with Gasteiger partial charge in [0.25, 0.3) is 5.56 Å². The van der Waals surface area contributed by atoms with Crippen molar-refractivity contribution in [1.29, 1.82) is 0 Å². The van der Waals surface area contributed by atoms with Crippen LogP contribution >= 0.6 is 11.6 Å². The van der Waals surface area contributed by atoms with Gasteiger partial charge in [0.1, 0.15) is 12.4 Å². The molecule has 0 bridgehead atoms. The zero-order chi connectivity index (χ0) is 19.8. The number of hydrogen-bond acceptors (Lipinski definition) is 4. The third-order valence-electron chi connectivity index (χ3n) is 5.37. The molecule has 3 aromatic rings. The lowest BCUT2D eigenvalue weighted by Crippen LogP contribution is -2.32. The highest BCUT2D eigenvalue weighted by molar-refractivity contribution is 6.31. The van der Waals surface area contributed by atoms with Crippen molar-refractivity contribution in [3.8, 4) is 0 Å². The number of pyridine rings is 1. The molecule has 1 atom stereocenters. The first-order chi connectivity index (χ1) is 13.5. The van der Waals surface area contributed by atoms with Crippen molar-refractivity contribution in [3.05, 3.63) is 62.8 Å². The highest BCUT2D eigenvalue weighted by atomic mass is 35.5. The highest BCUT2D eigenvalue weighted by Gasteiger charge is 2.20. The number of aryl methyl sites for hydroxylation is 2. The summed E-state index contributed by atoms with van der Waals surface area (Å²) in [6.45, 7) is 3.51. The van der Waals surface area contributed by atoms with Gasteiger partial charge in [-0.15, -0.1) is 0 Å². The van der Waals surface area contributed by atoms with Crippen molar-refractivity contribution >= 4 is 34.2 Å². The molecule has 0 fully saturated rings. The van der Waals surface area contributed by atoms with E-state index in [9.17, 15) is 9.59 Å². The van der Waals surface area contributed by atoms with Crippen LogP contribution in [-0.4, -0.2) is 20.4 Å². The number of nitrogens with zero attached hydrogens (tertiary/aromatic N) is 3. The van der Waals surface area contributed by atoms with Crippen LogP contribution < -0.4 is 10.9 Å². The smallest absolute Gasteiger partial charge is 0.263 e. The van der Waals surface area contributed by atoms with Gasteiger partial charge in [-0.2, -0.15) is 0 Å². The third-order valence-corrected chi connectivity index (χ3v) is 5.78. The lowest BCUT2D eigenvalue weighted by molar-refractivity contribution is -0.118. The van der Waals surface area contributed by atoms with Crippen LogP contribution in [0.3, 0.4) is 0 Å². The van der Waals surface area contributed by atoms with E-state index in [2.05, 4.69) is 15.3 Å². The zero-order valence-corrected chi connectivity index (χ0v) is 16.6. The van der Waals surface area contributed by atoms with E-state index in [1.165, 1.54) is 10.9 Å². The molecule has 1 aliphatic carbocycles. The minimum absolute atomic E-state index is 0.253. The van der Waals surface area contributed by atoms with Crippen LogP contribution in [0.25, 0.3) is 11.0 Å². The molecule has 0 radical (unpaired) electrons. The van der Waals surface area contributed by atoms with Gasteiger partial charge in [-0.25, -0.2) is 9.97 Å². The summed E-state index contributed by atoms with van der Waals surface area (Å²) in [7, 11) is 0. The number of amides is 1. The third kappa shape index (κ3) is 3.29. The molecule has 0 saturated heterocycles. The number of aromatic nitrogens is 3. The lowest BCUT2D eigenvalue weighted by Gasteiger charge is -2.18. The van der Waals surface area contributed by atoms with E-state index in [4.69, 9.17) is 11.6 Å². The predicted molar refractivity (Wildman–Crippen MR) is 110 cm³/mol. The van der Waals surface area contributed by atoms with Gasteiger partial charge in [-0.3, -0.25) is 14.2 Å². The Bertz CT molecular complexity index is 1140. The molecule has 1 unspecified atom stereocenters. The van der Waals surface area contributed by atoms with E-state index in [0.29, 0.717) is 21.7 Å². The summed E-state index contributed by atoms with van der Waals surface area (Å²) < 4.78 is 1.36. The van der Waals surface area contributed by atoms with Gasteiger partial charge in [0, 0.05) is 16.4 Å². The normalized spacial score (nSPS) is 14.5. The first-order valence-electron chi connectivity index (χ1n) is 9.41. The van der Waals surface area contributed by atoms with Gasteiger partial charge in [0.15, 0.2) is 5.65 Å². The van der Waals surface area contributed by atoms with E-state index < -0.39 is 6.04 Å². The van der Waals surface area contributed by atoms with Crippen LogP contribution in [0.1, 0.15) is 42.6 Å². The average Bonchev–Trinajstić information content (AvgIpc) is 2.70. The average molecular weight is 397 g/mol. The molecule has 1 amide bonds. The Morgan fingerprint density at radius 2 is 2.07 bits per heavy atom. The number of carbonyl (C=O) groups is 1. The number of benzene rings is 1. The van der Waals surface area contributed by atoms with Gasteiger partial charge in [0.05, 0.1) is 5.39 Å². The summed E-state index contributed by atoms with van der Waals surface area (Å²) in [4.78, 5) is 34.7. The molecular formula is C21H21ClN4O2. The fourth-order valence-electron chi connectivity index (χ4n) is 3.57. The Morgan fingerprint density at radius 1 is 1.29 bits per heavy atom. The molecule has 2 heterocycles. The maximum absolute atomic E-state index is 13.0. The summed E-state index contributed by atoms with van der Waals surface area (Å²) in [6.07, 6.45) is 5.47. The Hall–Kier alpha value is -2.73. The van der Waals surface area contributed by atoms with E-state index >= 15 is 0 Å². The van der Waals surface area contributed by atoms with Crippen molar-refractivity contribution in [2.24, 2.45) is 0 Å². The van der Waals surface area contributed by atoms with Crippen LogP contribution in [0.15, 0.2) is 35.4 Å². The second-order valence-electron chi connectivity index (χ2n) is 7.21. The molecule has 1 N–H and O–H groups in total. The largest absolute Gasteiger partial charge is 0.324 e. The molecule has 4 rings (SSSR count). The minimum atomic E-state index is -0.723. The molecule has 6 nitrogen and oxygen atoms in total. The van der Waals surface area contributed by atoms with Crippen LogP contribution in [0.4, 0.5) is 5.69 Å². The van der Waals surface area contributed by atoms with E-state index in [1.807, 2.05) is 13.0 Å². The quantitative estimate of drug-likeness (QED) is 0.729. The molecule has 2 aromatic heterocycles. The predicted octanol–water partition coefficient (Wildman–Crippen LogP) is 3.83. The molecule has 0 saturated carbocycles. The SMILES string of the molecule is Cc1c(Cl)cccc1NC(=O)C(C)n1cnc2nc3c(cc2c1=O)CCCC3. The monoisotopic (exact) mass is 396 g/mol. The summed E-state index contributed by atoms with van der Waals surface area (Å²) in [5, 5.41) is 3.88. The standard InChI is InChI=1S/C21H21ClN4O2/c1-12-16(22)7-5-9-17(12)25-20(27)13(2)26-11-23-19-15(21(26)28)10-14-6-3-4-8-18(14)24-19/h5,7,9-11,13H,3-4,6,8H2,1-2H3,(H,25,27). The summed E-state index contributed by atoms with van der Waals surface area (Å²) in [5.74, 6) is -0.306. The minimum Gasteiger partial charge on any atom is -0.324 e. The second kappa shape index (κ2) is 7.36. The van der Waals surface area contributed by atoms with Gasteiger partial charge in [-0.1, -0.05) is 17.7 Å². The molecule has 28 heavy (non-hydrogen) atoms. The maximum atomic E-state index is 13.0. The van der Waals surface area contributed by atoms with Crippen molar-refractivity contribution < 1.29 is 4.79 Å². The number of halogens is 1. The molecule has 0 spiro atoms. The van der Waals surface area contributed by atoms with Gasteiger partial charge in [-0.05, 0) is 68.9 Å². The van der Waals surface area contributed by atoms with Crippen molar-refractivity contribution in [3.63, 3.8) is 0 Å². The van der Waals surface area contributed by atoms with Gasteiger partial charge < -0.3 is 5.32 Å². The van der Waals surface area contributed by atoms with Crippen molar-refractivity contribution in [1.82, 2.24) is 14.5 Å². The summed E-state index contributed by atoms with van der Waals surface area (Å²) in [6, 6.07) is 6.49. The van der Waals surface area contributed by atoms with Crippen LogP contribution in [0, 0.1) is 6.92 Å². The number of hydrogen-bond donors (Lipinski definition) is 1. The van der Waals surface area contributed by atoms with E-state index in [-0.39, 0.29) is 11.5 Å². The maximum Gasteiger partial charge on any atom is 0.263 e. The van der Waals surface area contributed by atoms with Crippen molar-refractivity contribution in [2.75, 3.05) is 5.32 Å². The fourth-order valence-corrected chi connectivity index (χ4v) is 3.74. The molecular weight excluding hydrogens is 376 g/mol. The fraction of sp³-hybridized carbons (Fsp3) is 0.333. The number of nitrogens with one attached hydrogen (secondary N) is 1. The van der Waals surface area contributed by atoms with Crippen molar-refractivity contribution in [2.45, 2.75) is 45.6 Å². The Balaban J connectivity index is 1.68. The second-order valence-corrected chi connectivity index (χ2v) is 7.61. The van der Waals surface area contributed by atoms with Crippen LogP contribution in [0.5, 0.6) is 0 Å².